The Morgan fingerprint density at radius 1 is 1.00 bits per heavy atom. The highest BCUT2D eigenvalue weighted by molar-refractivity contribution is 6.31. The van der Waals surface area contributed by atoms with Crippen LogP contribution >= 0.6 is 11.6 Å². The van der Waals surface area contributed by atoms with E-state index >= 15 is 0 Å². The molecular weight excluding hydrogens is 224 g/mol. The summed E-state index contributed by atoms with van der Waals surface area (Å²) in [5, 5.41) is 12.6. The van der Waals surface area contributed by atoms with Gasteiger partial charge in [-0.25, -0.2) is 4.98 Å². The molecule has 0 unspecified atom stereocenters. The van der Waals surface area contributed by atoms with Gasteiger partial charge < -0.3 is 5.21 Å². The predicted molar refractivity (Wildman–Crippen MR) is 63.2 cm³/mol. The zero-order chi connectivity index (χ0) is 11.1. The maximum absolute atomic E-state index is 12.1. The first kappa shape index (κ1) is 9.36. The van der Waals surface area contributed by atoms with Crippen LogP contribution in [0.25, 0.3) is 22.1 Å². The zero-order valence-electron chi connectivity index (χ0n) is 8.22. The van der Waals surface area contributed by atoms with Gasteiger partial charge in [-0.3, -0.25) is 0 Å². The van der Waals surface area contributed by atoms with Crippen LogP contribution in [0.3, 0.4) is 0 Å². The van der Waals surface area contributed by atoms with Crippen molar-refractivity contribution in [2.75, 3.05) is 0 Å². The highest BCUT2D eigenvalue weighted by Crippen LogP contribution is 2.17. The van der Waals surface area contributed by atoms with Crippen molar-refractivity contribution < 1.29 is 4.73 Å². The second-order valence-electron chi connectivity index (χ2n) is 3.53. The number of hydrogen-bond acceptors (Lipinski definition) is 2. The van der Waals surface area contributed by atoms with E-state index in [1.807, 2.05) is 18.2 Å². The van der Waals surface area contributed by atoms with Gasteiger partial charge in [-0.05, 0) is 18.2 Å². The average molecular weight is 231 g/mol. The molecule has 4 heteroatoms. The first-order chi connectivity index (χ1) is 7.75. The lowest BCUT2D eigenvalue weighted by Crippen LogP contribution is -2.28. The minimum Gasteiger partial charge on any atom is -0.618 e. The molecule has 1 heterocycles. The van der Waals surface area contributed by atoms with Gasteiger partial charge >= 0.3 is 0 Å². The van der Waals surface area contributed by atoms with Crippen LogP contribution in [0.5, 0.6) is 0 Å². The molecule has 0 aliphatic heterocycles. The fraction of sp³-hybridized carbons (Fsp3) is 0. The fourth-order valence-corrected chi connectivity index (χ4v) is 1.91. The Balaban J connectivity index is 2.56. The van der Waals surface area contributed by atoms with Gasteiger partial charge in [0.05, 0.1) is 0 Å². The molecule has 0 saturated heterocycles. The molecule has 1 aromatic heterocycles. The maximum atomic E-state index is 12.1. The molecule has 3 rings (SSSR count). The fourth-order valence-electron chi connectivity index (χ4n) is 1.74. The van der Waals surface area contributed by atoms with Crippen LogP contribution in [0.1, 0.15) is 0 Å². The van der Waals surface area contributed by atoms with Crippen molar-refractivity contribution in [2.24, 2.45) is 0 Å². The van der Waals surface area contributed by atoms with E-state index in [4.69, 9.17) is 11.6 Å². The standard InChI is InChI=1S/C12H7ClN2O/c13-8-5-6-10-12(7-8)15(16)11-4-2-1-3-9(11)14-10/h1-7H. The molecule has 78 valence electrons. The van der Waals surface area contributed by atoms with Gasteiger partial charge in [-0.1, -0.05) is 23.7 Å². The quantitative estimate of drug-likeness (QED) is 0.338. The largest absolute Gasteiger partial charge is 0.618 e. The summed E-state index contributed by atoms with van der Waals surface area (Å²) in [6.45, 7) is 0. The second kappa shape index (κ2) is 3.32. The molecule has 0 spiro atoms. The SMILES string of the molecule is [O-][n+]1c2ccccc2nc2ccc(Cl)cc21. The van der Waals surface area contributed by atoms with E-state index in [2.05, 4.69) is 4.98 Å². The molecule has 0 radical (unpaired) electrons. The molecule has 3 nitrogen and oxygen atoms in total. The van der Waals surface area contributed by atoms with E-state index in [1.165, 1.54) is 0 Å². The van der Waals surface area contributed by atoms with Crippen LogP contribution < -0.4 is 4.73 Å². The number of para-hydroxylation sites is 2. The van der Waals surface area contributed by atoms with Crippen molar-refractivity contribution in [3.63, 3.8) is 0 Å². The van der Waals surface area contributed by atoms with Gasteiger partial charge in [0, 0.05) is 17.2 Å². The van der Waals surface area contributed by atoms with Crippen molar-refractivity contribution in [3.05, 3.63) is 52.7 Å². The summed E-state index contributed by atoms with van der Waals surface area (Å²) in [5.41, 5.74) is 2.38. The number of aromatic nitrogens is 2. The highest BCUT2D eigenvalue weighted by atomic mass is 35.5. The van der Waals surface area contributed by atoms with Gasteiger partial charge in [-0.2, -0.15) is 4.73 Å². The monoisotopic (exact) mass is 230 g/mol. The highest BCUT2D eigenvalue weighted by Gasteiger charge is 2.11. The number of hydrogen-bond donors (Lipinski definition) is 0. The Labute approximate surface area is 96.5 Å². The number of benzene rings is 2. The summed E-state index contributed by atoms with van der Waals surface area (Å²) in [4.78, 5) is 4.40. The third-order valence-electron chi connectivity index (χ3n) is 2.50. The van der Waals surface area contributed by atoms with Crippen LogP contribution in [-0.2, 0) is 0 Å². The lowest BCUT2D eigenvalue weighted by atomic mass is 10.2. The molecule has 3 aromatic rings. The van der Waals surface area contributed by atoms with Gasteiger partial charge in [0.1, 0.15) is 11.0 Å². The molecule has 0 aliphatic rings. The van der Waals surface area contributed by atoms with Gasteiger partial charge in [0.15, 0.2) is 0 Å². The molecule has 0 saturated carbocycles. The smallest absolute Gasteiger partial charge is 0.244 e. The summed E-state index contributed by atoms with van der Waals surface area (Å²) >= 11 is 5.86. The van der Waals surface area contributed by atoms with Gasteiger partial charge in [0.2, 0.25) is 11.0 Å². The van der Waals surface area contributed by atoms with E-state index in [9.17, 15) is 5.21 Å². The number of rotatable bonds is 0. The molecule has 0 bridgehead atoms. The van der Waals surface area contributed by atoms with E-state index in [-0.39, 0.29) is 0 Å². The minimum atomic E-state index is 0.492. The van der Waals surface area contributed by atoms with Crippen molar-refractivity contribution >= 4 is 33.7 Å². The molecule has 0 aliphatic carbocycles. The summed E-state index contributed by atoms with van der Waals surface area (Å²) < 4.78 is 0.865. The minimum absolute atomic E-state index is 0.492. The van der Waals surface area contributed by atoms with Crippen molar-refractivity contribution in [1.82, 2.24) is 4.98 Å². The summed E-state index contributed by atoms with van der Waals surface area (Å²) in [6, 6.07) is 12.3. The Kier molecular flexibility index (Phi) is 1.94. The lowest BCUT2D eigenvalue weighted by Gasteiger charge is -2.04. The predicted octanol–water partition coefficient (Wildman–Crippen LogP) is 2.67. The van der Waals surface area contributed by atoms with Crippen LogP contribution in [0.4, 0.5) is 0 Å². The normalized spacial score (nSPS) is 11.1. The molecule has 0 fully saturated rings. The number of halogens is 1. The third kappa shape index (κ3) is 1.29. The Morgan fingerprint density at radius 2 is 1.75 bits per heavy atom. The third-order valence-corrected chi connectivity index (χ3v) is 2.73. The van der Waals surface area contributed by atoms with E-state index in [0.717, 1.165) is 4.73 Å². The zero-order valence-corrected chi connectivity index (χ0v) is 8.98. The van der Waals surface area contributed by atoms with Crippen LogP contribution in [0, 0.1) is 5.21 Å². The van der Waals surface area contributed by atoms with Crippen molar-refractivity contribution in [3.8, 4) is 0 Å². The molecule has 0 N–H and O–H groups in total. The average Bonchev–Trinajstić information content (AvgIpc) is 2.31. The Bertz CT molecular complexity index is 697. The topological polar surface area (TPSA) is 39.8 Å². The van der Waals surface area contributed by atoms with Crippen LogP contribution in [-0.4, -0.2) is 4.98 Å². The molecule has 0 amide bonds. The van der Waals surface area contributed by atoms with Crippen LogP contribution in [0.2, 0.25) is 5.02 Å². The summed E-state index contributed by atoms with van der Waals surface area (Å²) in [5.74, 6) is 0. The molecular formula is C12H7ClN2O. The Hall–Kier alpha value is -1.87. The van der Waals surface area contributed by atoms with Gasteiger partial charge in [-0.15, -0.1) is 0 Å². The Morgan fingerprint density at radius 3 is 2.62 bits per heavy atom. The number of fused-ring (bicyclic) bond motifs is 2. The molecule has 0 atom stereocenters. The molecule has 2 aromatic carbocycles. The van der Waals surface area contributed by atoms with Crippen molar-refractivity contribution in [1.29, 1.82) is 0 Å². The summed E-state index contributed by atoms with van der Waals surface area (Å²) in [6.07, 6.45) is 0. The summed E-state index contributed by atoms with van der Waals surface area (Å²) in [7, 11) is 0. The first-order valence-corrected chi connectivity index (χ1v) is 5.21. The maximum Gasteiger partial charge on any atom is 0.244 e. The van der Waals surface area contributed by atoms with E-state index in [1.54, 1.807) is 24.3 Å². The first-order valence-electron chi connectivity index (χ1n) is 4.83. The van der Waals surface area contributed by atoms with E-state index in [0.29, 0.717) is 27.1 Å². The number of nitrogens with zero attached hydrogens (tertiary/aromatic N) is 2. The lowest BCUT2D eigenvalue weighted by molar-refractivity contribution is -0.548. The van der Waals surface area contributed by atoms with E-state index < -0.39 is 0 Å². The second-order valence-corrected chi connectivity index (χ2v) is 3.96. The molecule has 16 heavy (non-hydrogen) atoms. The van der Waals surface area contributed by atoms with Crippen molar-refractivity contribution in [2.45, 2.75) is 0 Å². The van der Waals surface area contributed by atoms with Crippen LogP contribution in [0.15, 0.2) is 42.5 Å². The van der Waals surface area contributed by atoms with Gasteiger partial charge in [0.25, 0.3) is 0 Å².